The van der Waals surface area contributed by atoms with Crippen molar-refractivity contribution in [3.05, 3.63) is 77.6 Å². The van der Waals surface area contributed by atoms with E-state index >= 15 is 0 Å². The Hall–Kier alpha value is -3.34. The Morgan fingerprint density at radius 2 is 1.52 bits per heavy atom. The summed E-state index contributed by atoms with van der Waals surface area (Å²) >= 11 is 0. The SMILES string of the molecule is CC(C)(C)c1ccc(C(=O)Nc2ccc(-c3ccc(C(=O)O)o3)cc2)cc1. The summed E-state index contributed by atoms with van der Waals surface area (Å²) in [5.41, 5.74) is 3.17. The van der Waals surface area contributed by atoms with Gasteiger partial charge in [0, 0.05) is 16.8 Å². The van der Waals surface area contributed by atoms with Crippen molar-refractivity contribution in [2.75, 3.05) is 5.32 Å². The summed E-state index contributed by atoms with van der Waals surface area (Å²) in [6, 6.07) is 17.6. The van der Waals surface area contributed by atoms with Crippen LogP contribution >= 0.6 is 0 Å². The Morgan fingerprint density at radius 1 is 0.889 bits per heavy atom. The molecule has 0 unspecified atom stereocenters. The molecule has 0 bridgehead atoms. The number of anilines is 1. The zero-order chi connectivity index (χ0) is 19.6. The molecule has 1 aromatic heterocycles. The molecule has 0 radical (unpaired) electrons. The van der Waals surface area contributed by atoms with Crippen LogP contribution in [0, 0.1) is 0 Å². The first-order valence-corrected chi connectivity index (χ1v) is 8.59. The van der Waals surface area contributed by atoms with Crippen molar-refractivity contribution in [2.24, 2.45) is 0 Å². The number of furan rings is 1. The quantitative estimate of drug-likeness (QED) is 0.668. The zero-order valence-electron chi connectivity index (χ0n) is 15.4. The lowest BCUT2D eigenvalue weighted by molar-refractivity contribution is 0.0663. The Balaban J connectivity index is 1.70. The first-order chi connectivity index (χ1) is 12.7. The van der Waals surface area contributed by atoms with Crippen LogP contribution in [0.5, 0.6) is 0 Å². The van der Waals surface area contributed by atoms with Gasteiger partial charge >= 0.3 is 5.97 Å². The van der Waals surface area contributed by atoms with Gasteiger partial charge in [0.05, 0.1) is 0 Å². The molecule has 138 valence electrons. The molecule has 0 fully saturated rings. The van der Waals surface area contributed by atoms with Crippen LogP contribution in [0.15, 0.2) is 65.1 Å². The van der Waals surface area contributed by atoms with Crippen LogP contribution in [0.25, 0.3) is 11.3 Å². The van der Waals surface area contributed by atoms with Gasteiger partial charge in [-0.1, -0.05) is 32.9 Å². The number of benzene rings is 2. The van der Waals surface area contributed by atoms with Crippen molar-refractivity contribution in [1.82, 2.24) is 0 Å². The molecule has 0 aliphatic rings. The summed E-state index contributed by atoms with van der Waals surface area (Å²) in [6.45, 7) is 6.38. The highest BCUT2D eigenvalue weighted by molar-refractivity contribution is 6.04. The average Bonchev–Trinajstić information content (AvgIpc) is 3.12. The summed E-state index contributed by atoms with van der Waals surface area (Å²) in [5.74, 6) is -0.943. The third-order valence-corrected chi connectivity index (χ3v) is 4.26. The summed E-state index contributed by atoms with van der Waals surface area (Å²) in [6.07, 6.45) is 0. The average molecular weight is 363 g/mol. The molecule has 3 rings (SSSR count). The van der Waals surface area contributed by atoms with E-state index in [0.717, 1.165) is 5.56 Å². The highest BCUT2D eigenvalue weighted by atomic mass is 16.4. The predicted octanol–water partition coefficient (Wildman–Crippen LogP) is 5.19. The second kappa shape index (κ2) is 7.11. The number of hydrogen-bond acceptors (Lipinski definition) is 3. The highest BCUT2D eigenvalue weighted by Gasteiger charge is 2.15. The molecule has 1 heterocycles. The number of carboxylic acids is 1. The van der Waals surface area contributed by atoms with Gasteiger partial charge in [-0.3, -0.25) is 4.79 Å². The lowest BCUT2D eigenvalue weighted by Gasteiger charge is -2.19. The second-order valence-electron chi connectivity index (χ2n) is 7.33. The second-order valence-corrected chi connectivity index (χ2v) is 7.33. The van der Waals surface area contributed by atoms with Crippen molar-refractivity contribution < 1.29 is 19.1 Å². The fourth-order valence-corrected chi connectivity index (χ4v) is 2.65. The van der Waals surface area contributed by atoms with Crippen LogP contribution in [0.2, 0.25) is 0 Å². The highest BCUT2D eigenvalue weighted by Crippen LogP contribution is 2.25. The normalized spacial score (nSPS) is 11.2. The van der Waals surface area contributed by atoms with Crippen LogP contribution in [0.1, 0.15) is 47.2 Å². The molecule has 2 aromatic carbocycles. The number of carbonyl (C=O) groups excluding carboxylic acids is 1. The third-order valence-electron chi connectivity index (χ3n) is 4.26. The minimum absolute atomic E-state index is 0.0389. The number of carbonyl (C=O) groups is 2. The number of aromatic carboxylic acids is 1. The van der Waals surface area contributed by atoms with Crippen LogP contribution < -0.4 is 5.32 Å². The van der Waals surface area contributed by atoms with Gasteiger partial charge < -0.3 is 14.8 Å². The van der Waals surface area contributed by atoms with Crippen LogP contribution in [-0.2, 0) is 5.41 Å². The van der Waals surface area contributed by atoms with E-state index in [-0.39, 0.29) is 17.1 Å². The molecule has 0 saturated carbocycles. The van der Waals surface area contributed by atoms with Gasteiger partial charge in [-0.15, -0.1) is 0 Å². The first-order valence-electron chi connectivity index (χ1n) is 8.59. The van der Waals surface area contributed by atoms with E-state index in [4.69, 9.17) is 9.52 Å². The van der Waals surface area contributed by atoms with Gasteiger partial charge in [0.1, 0.15) is 5.76 Å². The molecule has 5 nitrogen and oxygen atoms in total. The summed E-state index contributed by atoms with van der Waals surface area (Å²) in [7, 11) is 0. The molecule has 0 aliphatic carbocycles. The number of amides is 1. The first kappa shape index (κ1) is 18.5. The van der Waals surface area contributed by atoms with E-state index < -0.39 is 5.97 Å². The molecule has 0 aliphatic heterocycles. The number of carboxylic acid groups (broad SMARTS) is 1. The van der Waals surface area contributed by atoms with Crippen molar-refractivity contribution in [3.8, 4) is 11.3 Å². The Labute approximate surface area is 157 Å². The van der Waals surface area contributed by atoms with Gasteiger partial charge in [0.25, 0.3) is 5.91 Å². The summed E-state index contributed by atoms with van der Waals surface area (Å²) < 4.78 is 5.27. The van der Waals surface area contributed by atoms with Crippen LogP contribution in [0.3, 0.4) is 0 Å². The van der Waals surface area contributed by atoms with Gasteiger partial charge in [-0.05, 0) is 59.5 Å². The van der Waals surface area contributed by atoms with Gasteiger partial charge in [0.15, 0.2) is 0 Å². The number of hydrogen-bond donors (Lipinski definition) is 2. The van der Waals surface area contributed by atoms with Gasteiger partial charge in [-0.2, -0.15) is 0 Å². The lowest BCUT2D eigenvalue weighted by atomic mass is 9.87. The van der Waals surface area contributed by atoms with E-state index in [0.29, 0.717) is 17.0 Å². The summed E-state index contributed by atoms with van der Waals surface area (Å²) in [4.78, 5) is 23.3. The summed E-state index contributed by atoms with van der Waals surface area (Å²) in [5, 5.41) is 11.8. The predicted molar refractivity (Wildman–Crippen MR) is 104 cm³/mol. The van der Waals surface area contributed by atoms with Gasteiger partial charge in [0.2, 0.25) is 5.76 Å². The lowest BCUT2D eigenvalue weighted by Crippen LogP contribution is -2.14. The standard InChI is InChI=1S/C22H21NO4/c1-22(2,3)16-8-4-15(5-9-16)20(24)23-17-10-6-14(7-11-17)18-12-13-19(27-18)21(25)26/h4-13H,1-3H3,(H,23,24)(H,25,26). The number of rotatable bonds is 4. The minimum atomic E-state index is -1.11. The Kier molecular flexibility index (Phi) is 4.86. The van der Waals surface area contributed by atoms with Crippen LogP contribution in [0.4, 0.5) is 5.69 Å². The molecule has 0 spiro atoms. The van der Waals surface area contributed by atoms with Crippen molar-refractivity contribution in [3.63, 3.8) is 0 Å². The molecule has 5 heteroatoms. The van der Waals surface area contributed by atoms with Crippen molar-refractivity contribution in [1.29, 1.82) is 0 Å². The monoisotopic (exact) mass is 363 g/mol. The van der Waals surface area contributed by atoms with E-state index in [9.17, 15) is 9.59 Å². The topological polar surface area (TPSA) is 79.5 Å². The van der Waals surface area contributed by atoms with E-state index in [2.05, 4.69) is 26.1 Å². The smallest absolute Gasteiger partial charge is 0.371 e. The fraction of sp³-hybridized carbons (Fsp3) is 0.182. The molecule has 2 N–H and O–H groups in total. The largest absolute Gasteiger partial charge is 0.475 e. The molecular formula is C22H21NO4. The third kappa shape index (κ3) is 4.26. The Morgan fingerprint density at radius 3 is 2.04 bits per heavy atom. The minimum Gasteiger partial charge on any atom is -0.475 e. The maximum Gasteiger partial charge on any atom is 0.371 e. The molecular weight excluding hydrogens is 342 g/mol. The maximum atomic E-state index is 12.4. The van der Waals surface area contributed by atoms with E-state index in [1.165, 1.54) is 11.6 Å². The van der Waals surface area contributed by atoms with Crippen molar-refractivity contribution >= 4 is 17.6 Å². The molecule has 0 atom stereocenters. The van der Waals surface area contributed by atoms with Crippen LogP contribution in [-0.4, -0.2) is 17.0 Å². The van der Waals surface area contributed by atoms with E-state index in [1.807, 2.05) is 24.3 Å². The Bertz CT molecular complexity index is 961. The van der Waals surface area contributed by atoms with E-state index in [1.54, 1.807) is 30.3 Å². The molecule has 1 amide bonds. The fourth-order valence-electron chi connectivity index (χ4n) is 2.65. The molecule has 27 heavy (non-hydrogen) atoms. The number of nitrogens with one attached hydrogen (secondary N) is 1. The molecule has 3 aromatic rings. The zero-order valence-corrected chi connectivity index (χ0v) is 15.4. The van der Waals surface area contributed by atoms with Gasteiger partial charge in [-0.25, -0.2) is 4.79 Å². The maximum absolute atomic E-state index is 12.4. The molecule has 0 saturated heterocycles. The van der Waals surface area contributed by atoms with Crippen molar-refractivity contribution in [2.45, 2.75) is 26.2 Å².